The highest BCUT2D eigenvalue weighted by molar-refractivity contribution is 7.92. The number of rotatable bonds is 5. The molecule has 9 nitrogen and oxygen atoms in total. The summed E-state index contributed by atoms with van der Waals surface area (Å²) in [6, 6.07) is 8.00. The number of piperidine rings is 1. The number of amides is 4. The van der Waals surface area contributed by atoms with Gasteiger partial charge in [0.25, 0.3) is 21.8 Å². The minimum Gasteiger partial charge on any atom is -0.295 e. The zero-order valence-electron chi connectivity index (χ0n) is 17.5. The number of hydrogen-bond donors (Lipinski definition) is 2. The molecule has 0 saturated carbocycles. The molecule has 0 aliphatic carbocycles. The predicted octanol–water partition coefficient (Wildman–Crippen LogP) is 1.76. The molecule has 1 unspecified atom stereocenters. The topological polar surface area (TPSA) is 130 Å². The van der Waals surface area contributed by atoms with Crippen LogP contribution in [0.15, 0.2) is 41.3 Å². The first-order valence-corrected chi connectivity index (χ1v) is 11.6. The predicted molar refractivity (Wildman–Crippen MR) is 114 cm³/mol. The Balaban J connectivity index is 1.63. The lowest BCUT2D eigenvalue weighted by Crippen LogP contribution is -2.54. The van der Waals surface area contributed by atoms with Gasteiger partial charge in [0.05, 0.1) is 16.0 Å². The van der Waals surface area contributed by atoms with Crippen molar-refractivity contribution in [2.75, 3.05) is 4.72 Å². The van der Waals surface area contributed by atoms with Crippen molar-refractivity contribution in [3.8, 4) is 0 Å². The van der Waals surface area contributed by atoms with Gasteiger partial charge >= 0.3 is 0 Å². The van der Waals surface area contributed by atoms with E-state index in [0.29, 0.717) is 12.0 Å². The molecule has 10 heteroatoms. The highest BCUT2D eigenvalue weighted by atomic mass is 32.2. The van der Waals surface area contributed by atoms with E-state index in [9.17, 15) is 27.6 Å². The fourth-order valence-corrected chi connectivity index (χ4v) is 5.33. The zero-order valence-corrected chi connectivity index (χ0v) is 18.3. The van der Waals surface area contributed by atoms with Gasteiger partial charge in [0.1, 0.15) is 6.04 Å². The van der Waals surface area contributed by atoms with E-state index >= 15 is 0 Å². The summed E-state index contributed by atoms with van der Waals surface area (Å²) in [5, 5.41) is 2.13. The molecule has 2 aliphatic rings. The van der Waals surface area contributed by atoms with Crippen molar-refractivity contribution in [2.24, 2.45) is 0 Å². The molecule has 166 valence electrons. The summed E-state index contributed by atoms with van der Waals surface area (Å²) in [4.78, 5) is 50.2. The van der Waals surface area contributed by atoms with E-state index in [4.69, 9.17) is 0 Å². The molecule has 1 atom stereocenters. The molecule has 4 amide bonds. The van der Waals surface area contributed by atoms with Crippen LogP contribution in [0.4, 0.5) is 5.69 Å². The maximum Gasteiger partial charge on any atom is 0.262 e. The number of nitrogens with one attached hydrogen (secondary N) is 2. The summed E-state index contributed by atoms with van der Waals surface area (Å²) in [6.45, 7) is 3.73. The molecule has 2 aromatic carbocycles. The van der Waals surface area contributed by atoms with Crippen LogP contribution in [0, 0.1) is 6.92 Å². The van der Waals surface area contributed by atoms with Crippen LogP contribution >= 0.6 is 0 Å². The second-order valence-electron chi connectivity index (χ2n) is 7.78. The molecule has 4 rings (SSSR count). The third kappa shape index (κ3) is 3.66. The number of carbonyl (C=O) groups is 4. The molecule has 2 N–H and O–H groups in total. The fraction of sp³-hybridized carbons (Fsp3) is 0.273. The number of anilines is 1. The second-order valence-corrected chi connectivity index (χ2v) is 9.43. The van der Waals surface area contributed by atoms with Crippen molar-refractivity contribution in [1.29, 1.82) is 0 Å². The van der Waals surface area contributed by atoms with Crippen LogP contribution < -0.4 is 10.0 Å². The first-order valence-electron chi connectivity index (χ1n) is 10.1. The molecule has 2 aliphatic heterocycles. The Hall–Kier alpha value is -3.53. The lowest BCUT2D eigenvalue weighted by atomic mass is 10.0. The van der Waals surface area contributed by atoms with Gasteiger partial charge in [-0.05, 0) is 49.6 Å². The summed E-state index contributed by atoms with van der Waals surface area (Å²) in [5.41, 5.74) is 1.80. The smallest absolute Gasteiger partial charge is 0.262 e. The van der Waals surface area contributed by atoms with Crippen LogP contribution in [-0.4, -0.2) is 43.0 Å². The Labute approximate surface area is 184 Å². The monoisotopic (exact) mass is 455 g/mol. The summed E-state index contributed by atoms with van der Waals surface area (Å²) in [7, 11) is -3.93. The summed E-state index contributed by atoms with van der Waals surface area (Å²) < 4.78 is 28.4. The normalized spacial score (nSPS) is 18.6. The van der Waals surface area contributed by atoms with Crippen LogP contribution in [0.3, 0.4) is 0 Å². The van der Waals surface area contributed by atoms with Crippen molar-refractivity contribution < 1.29 is 27.6 Å². The molecule has 0 bridgehead atoms. The zero-order chi connectivity index (χ0) is 23.2. The Kier molecular flexibility index (Phi) is 5.33. The van der Waals surface area contributed by atoms with E-state index in [-0.39, 0.29) is 34.6 Å². The Morgan fingerprint density at radius 3 is 2.44 bits per heavy atom. The van der Waals surface area contributed by atoms with Gasteiger partial charge in [0.15, 0.2) is 0 Å². The van der Waals surface area contributed by atoms with Crippen LogP contribution in [-0.2, 0) is 26.0 Å². The number of imide groups is 2. The van der Waals surface area contributed by atoms with Crippen LogP contribution in [0.2, 0.25) is 0 Å². The Bertz CT molecular complexity index is 1280. The lowest BCUT2D eigenvalue weighted by Gasteiger charge is -2.27. The molecule has 1 fully saturated rings. The van der Waals surface area contributed by atoms with Gasteiger partial charge < -0.3 is 0 Å². The van der Waals surface area contributed by atoms with Crippen LogP contribution in [0.5, 0.6) is 0 Å². The van der Waals surface area contributed by atoms with Gasteiger partial charge in [-0.3, -0.25) is 34.1 Å². The standard InChI is InChI=1S/C22H21N3O6S/c1-3-13-10-12(2)4-8-18(13)32(30,31)24-14-5-6-15-16(11-14)22(29)25(21(15)28)17-7-9-19(26)23-20(17)27/h4-6,8,10-11,17,24H,3,7,9H2,1-2H3,(H,23,26,27). The number of carbonyl (C=O) groups excluding carboxylic acids is 4. The van der Waals surface area contributed by atoms with Crippen molar-refractivity contribution in [1.82, 2.24) is 10.2 Å². The van der Waals surface area contributed by atoms with Gasteiger partial charge in [-0.2, -0.15) is 0 Å². The Morgan fingerprint density at radius 2 is 1.75 bits per heavy atom. The SMILES string of the molecule is CCc1cc(C)ccc1S(=O)(=O)Nc1ccc2c(c1)C(=O)N(C1CCC(=O)NC1=O)C2=O. The quantitative estimate of drug-likeness (QED) is 0.661. The van der Waals surface area contributed by atoms with Gasteiger partial charge in [-0.25, -0.2) is 8.42 Å². The van der Waals surface area contributed by atoms with E-state index in [2.05, 4.69) is 10.0 Å². The van der Waals surface area contributed by atoms with Gasteiger partial charge in [0.2, 0.25) is 11.8 Å². The van der Waals surface area contributed by atoms with Crippen molar-refractivity contribution in [3.05, 3.63) is 58.7 Å². The van der Waals surface area contributed by atoms with E-state index in [1.54, 1.807) is 12.1 Å². The van der Waals surface area contributed by atoms with Gasteiger partial charge in [0, 0.05) is 12.1 Å². The van der Waals surface area contributed by atoms with Crippen LogP contribution in [0.25, 0.3) is 0 Å². The molecule has 0 radical (unpaired) electrons. The average molecular weight is 455 g/mol. The number of nitrogens with zero attached hydrogens (tertiary/aromatic N) is 1. The molecular formula is C22H21N3O6S. The summed E-state index contributed by atoms with van der Waals surface area (Å²) >= 11 is 0. The molecule has 2 heterocycles. The molecular weight excluding hydrogens is 434 g/mol. The van der Waals surface area contributed by atoms with Crippen molar-refractivity contribution in [3.63, 3.8) is 0 Å². The number of fused-ring (bicyclic) bond motifs is 1. The van der Waals surface area contributed by atoms with E-state index in [1.165, 1.54) is 24.3 Å². The van der Waals surface area contributed by atoms with Crippen LogP contribution in [0.1, 0.15) is 51.6 Å². The maximum atomic E-state index is 13.0. The number of benzene rings is 2. The minimum absolute atomic E-state index is 0.000443. The molecule has 0 aromatic heterocycles. The summed E-state index contributed by atoms with van der Waals surface area (Å²) in [6.07, 6.45) is 0.587. The van der Waals surface area contributed by atoms with Gasteiger partial charge in [-0.15, -0.1) is 0 Å². The number of hydrogen-bond acceptors (Lipinski definition) is 6. The second kappa shape index (κ2) is 7.86. The third-order valence-electron chi connectivity index (χ3n) is 5.58. The largest absolute Gasteiger partial charge is 0.295 e. The lowest BCUT2D eigenvalue weighted by molar-refractivity contribution is -0.136. The number of aryl methyl sites for hydroxylation is 2. The van der Waals surface area contributed by atoms with Gasteiger partial charge in [-0.1, -0.05) is 24.6 Å². The fourth-order valence-electron chi connectivity index (χ4n) is 3.99. The molecule has 32 heavy (non-hydrogen) atoms. The van der Waals surface area contributed by atoms with E-state index < -0.39 is 39.7 Å². The maximum absolute atomic E-state index is 13.0. The van der Waals surface area contributed by atoms with E-state index in [1.807, 2.05) is 13.8 Å². The molecule has 0 spiro atoms. The first-order chi connectivity index (χ1) is 15.1. The highest BCUT2D eigenvalue weighted by Gasteiger charge is 2.44. The first kappa shape index (κ1) is 21.7. The highest BCUT2D eigenvalue weighted by Crippen LogP contribution is 2.30. The average Bonchev–Trinajstić information content (AvgIpc) is 2.97. The van der Waals surface area contributed by atoms with E-state index in [0.717, 1.165) is 10.5 Å². The minimum atomic E-state index is -3.93. The van der Waals surface area contributed by atoms with Crippen molar-refractivity contribution >= 4 is 39.3 Å². The molecule has 2 aromatic rings. The third-order valence-corrected chi connectivity index (χ3v) is 7.06. The number of sulfonamides is 1. The Morgan fingerprint density at radius 1 is 1.03 bits per heavy atom. The van der Waals surface area contributed by atoms with Crippen molar-refractivity contribution in [2.45, 2.75) is 44.0 Å². The summed E-state index contributed by atoms with van der Waals surface area (Å²) in [5.74, 6) is -2.52. The molecule has 1 saturated heterocycles.